The van der Waals surface area contributed by atoms with E-state index in [1.165, 1.54) is 0 Å². The summed E-state index contributed by atoms with van der Waals surface area (Å²) < 4.78 is 0. The van der Waals surface area contributed by atoms with Gasteiger partial charge in [-0.2, -0.15) is 0 Å². The van der Waals surface area contributed by atoms with Crippen LogP contribution in [0.1, 0.15) is 24.5 Å². The molecule has 4 heteroatoms. The molecule has 0 spiro atoms. The first kappa shape index (κ1) is 18.1. The Labute approximate surface area is 148 Å². The number of allylic oxidation sites excluding steroid dienone is 1. The van der Waals surface area contributed by atoms with E-state index < -0.39 is 5.97 Å². The average Bonchev–Trinajstić information content (AvgIpc) is 2.53. The van der Waals surface area contributed by atoms with Gasteiger partial charge >= 0.3 is 5.97 Å². The minimum atomic E-state index is -0.920. The van der Waals surface area contributed by atoms with E-state index >= 15 is 0 Å². The number of carboxylic acid groups (broad SMARTS) is 1. The van der Waals surface area contributed by atoms with Crippen molar-refractivity contribution in [3.05, 3.63) is 58.6 Å². The van der Waals surface area contributed by atoms with E-state index in [4.69, 9.17) is 11.6 Å². The molecule has 0 aromatic heterocycles. The van der Waals surface area contributed by atoms with Crippen molar-refractivity contribution in [2.45, 2.75) is 20.3 Å². The van der Waals surface area contributed by atoms with Crippen LogP contribution in [0.4, 0.5) is 5.69 Å². The maximum Gasteiger partial charge on any atom is 0.335 e. The molecule has 1 N–H and O–H groups in total. The largest absolute Gasteiger partial charge is 0.478 e. The lowest BCUT2D eigenvalue weighted by atomic mass is 9.94. The quantitative estimate of drug-likeness (QED) is 0.753. The molecule has 0 aliphatic heterocycles. The number of halogens is 1. The molecule has 0 heterocycles. The maximum atomic E-state index is 11.6. The Morgan fingerprint density at radius 3 is 2.33 bits per heavy atom. The van der Waals surface area contributed by atoms with Gasteiger partial charge in [0.15, 0.2) is 0 Å². The summed E-state index contributed by atoms with van der Waals surface area (Å²) in [5.41, 5.74) is 4.78. The van der Waals surface area contributed by atoms with Crippen LogP contribution >= 0.6 is 11.6 Å². The lowest BCUT2D eigenvalue weighted by Crippen LogP contribution is -2.08. The number of nitrogens with zero attached hydrogens (tertiary/aromatic N) is 1. The van der Waals surface area contributed by atoms with Gasteiger partial charge in [-0.15, -0.1) is 0 Å². The van der Waals surface area contributed by atoms with Crippen LogP contribution in [0, 0.1) is 6.92 Å². The summed E-state index contributed by atoms with van der Waals surface area (Å²) in [6, 6.07) is 11.7. The summed E-state index contributed by atoms with van der Waals surface area (Å²) in [4.78, 5) is 13.6. The van der Waals surface area contributed by atoms with Crippen LogP contribution in [-0.4, -0.2) is 25.2 Å². The van der Waals surface area contributed by atoms with Crippen LogP contribution in [0.3, 0.4) is 0 Å². The fraction of sp³-hybridized carbons (Fsp3) is 0.250. The summed E-state index contributed by atoms with van der Waals surface area (Å²) in [6.45, 7) is 3.81. The Balaban J connectivity index is 2.57. The van der Waals surface area contributed by atoms with Crippen molar-refractivity contribution in [1.82, 2.24) is 0 Å². The van der Waals surface area contributed by atoms with Crippen molar-refractivity contribution in [1.29, 1.82) is 0 Å². The van der Waals surface area contributed by atoms with Crippen molar-refractivity contribution < 1.29 is 9.90 Å². The smallest absolute Gasteiger partial charge is 0.335 e. The van der Waals surface area contributed by atoms with Crippen LogP contribution in [0.25, 0.3) is 16.7 Å². The lowest BCUT2D eigenvalue weighted by molar-refractivity contribution is -0.130. The molecule has 126 valence electrons. The van der Waals surface area contributed by atoms with E-state index in [-0.39, 0.29) is 0 Å². The Hall–Kier alpha value is -2.26. The molecule has 0 unspecified atom stereocenters. The van der Waals surface area contributed by atoms with Gasteiger partial charge in [0.2, 0.25) is 0 Å². The summed E-state index contributed by atoms with van der Waals surface area (Å²) in [6.07, 6.45) is 2.40. The molecule has 2 aromatic carbocycles. The number of carboxylic acids is 1. The van der Waals surface area contributed by atoms with E-state index in [9.17, 15) is 9.90 Å². The third-order valence-corrected chi connectivity index (χ3v) is 4.25. The number of benzene rings is 2. The van der Waals surface area contributed by atoms with Crippen LogP contribution in [-0.2, 0) is 4.79 Å². The van der Waals surface area contributed by atoms with Gasteiger partial charge in [-0.25, -0.2) is 4.79 Å². The van der Waals surface area contributed by atoms with Gasteiger partial charge in [0.1, 0.15) is 0 Å². The number of carbonyl (C=O) groups is 1. The number of aliphatic carboxylic acids is 1. The van der Waals surface area contributed by atoms with Gasteiger partial charge < -0.3 is 10.0 Å². The molecule has 3 nitrogen and oxygen atoms in total. The molecular weight excluding hydrogens is 322 g/mol. The molecular formula is C20H22ClNO2. The Morgan fingerprint density at radius 1 is 1.21 bits per heavy atom. The SMILES string of the molecule is CC/C=C(/C(=O)O)c1cc(-c2ccc(N(C)C)cc2)c(Cl)cc1C. The molecule has 0 saturated heterocycles. The van der Waals surface area contributed by atoms with Crippen molar-refractivity contribution in [2.24, 2.45) is 0 Å². The molecule has 0 amide bonds. The predicted octanol–water partition coefficient (Wildman–Crippen LogP) is 5.26. The Kier molecular flexibility index (Phi) is 5.68. The van der Waals surface area contributed by atoms with Crippen LogP contribution in [0.15, 0.2) is 42.5 Å². The minimum Gasteiger partial charge on any atom is -0.478 e. The van der Waals surface area contributed by atoms with Crippen LogP contribution < -0.4 is 4.90 Å². The average molecular weight is 344 g/mol. The zero-order valence-corrected chi connectivity index (χ0v) is 15.2. The number of aryl methyl sites for hydroxylation is 1. The maximum absolute atomic E-state index is 11.6. The van der Waals surface area contributed by atoms with Crippen LogP contribution in [0.5, 0.6) is 0 Å². The highest BCUT2D eigenvalue weighted by atomic mass is 35.5. The highest BCUT2D eigenvalue weighted by molar-refractivity contribution is 6.33. The molecule has 2 rings (SSSR count). The second kappa shape index (κ2) is 7.54. The Bertz CT molecular complexity index is 777. The fourth-order valence-corrected chi connectivity index (χ4v) is 2.97. The fourth-order valence-electron chi connectivity index (χ4n) is 2.64. The van der Waals surface area contributed by atoms with Gasteiger partial charge in [0.25, 0.3) is 0 Å². The Morgan fingerprint density at radius 2 is 1.83 bits per heavy atom. The number of anilines is 1. The monoisotopic (exact) mass is 343 g/mol. The molecule has 2 aromatic rings. The van der Waals surface area contributed by atoms with Crippen molar-refractivity contribution in [3.63, 3.8) is 0 Å². The standard InChI is InChI=1S/C20H22ClNO2/c1-5-6-16(20(23)24)17-12-18(19(21)11-13(17)2)14-7-9-15(10-8-14)22(3)4/h6-12H,5H2,1-4H3,(H,23,24)/b16-6+. The third kappa shape index (κ3) is 3.80. The summed E-state index contributed by atoms with van der Waals surface area (Å²) in [5, 5.41) is 10.1. The molecule has 0 atom stereocenters. The van der Waals surface area contributed by atoms with Crippen LogP contribution in [0.2, 0.25) is 5.02 Å². The number of hydrogen-bond acceptors (Lipinski definition) is 2. The van der Waals surface area contributed by atoms with Crippen molar-refractivity contribution in [2.75, 3.05) is 19.0 Å². The van der Waals surface area contributed by atoms with Crippen molar-refractivity contribution >= 4 is 28.8 Å². The molecule has 0 aliphatic carbocycles. The van der Waals surface area contributed by atoms with E-state index in [1.807, 2.05) is 69.2 Å². The molecule has 0 radical (unpaired) electrons. The first-order valence-electron chi connectivity index (χ1n) is 7.86. The van der Waals surface area contributed by atoms with Gasteiger partial charge in [-0.3, -0.25) is 0 Å². The minimum absolute atomic E-state index is 0.317. The summed E-state index contributed by atoms with van der Waals surface area (Å²) >= 11 is 6.42. The first-order valence-corrected chi connectivity index (χ1v) is 8.24. The van der Waals surface area contributed by atoms with E-state index in [0.717, 1.165) is 22.4 Å². The summed E-state index contributed by atoms with van der Waals surface area (Å²) in [5.74, 6) is -0.920. The van der Waals surface area contributed by atoms with Gasteiger partial charge in [0, 0.05) is 30.4 Å². The molecule has 0 aliphatic rings. The zero-order valence-electron chi connectivity index (χ0n) is 14.4. The van der Waals surface area contributed by atoms with E-state index in [0.29, 0.717) is 22.6 Å². The second-order valence-corrected chi connectivity index (χ2v) is 6.33. The van der Waals surface area contributed by atoms with Gasteiger partial charge in [-0.05, 0) is 54.3 Å². The predicted molar refractivity (Wildman–Crippen MR) is 102 cm³/mol. The van der Waals surface area contributed by atoms with Gasteiger partial charge in [-0.1, -0.05) is 36.7 Å². The lowest BCUT2D eigenvalue weighted by Gasteiger charge is -2.15. The normalized spacial score (nSPS) is 11.5. The topological polar surface area (TPSA) is 40.5 Å². The summed E-state index contributed by atoms with van der Waals surface area (Å²) in [7, 11) is 3.97. The van der Waals surface area contributed by atoms with Crippen molar-refractivity contribution in [3.8, 4) is 11.1 Å². The molecule has 0 bridgehead atoms. The first-order chi connectivity index (χ1) is 11.3. The molecule has 24 heavy (non-hydrogen) atoms. The highest BCUT2D eigenvalue weighted by Gasteiger charge is 2.16. The number of rotatable bonds is 5. The molecule has 0 saturated carbocycles. The highest BCUT2D eigenvalue weighted by Crippen LogP contribution is 2.34. The second-order valence-electron chi connectivity index (χ2n) is 5.92. The molecule has 0 fully saturated rings. The van der Waals surface area contributed by atoms with E-state index in [1.54, 1.807) is 6.08 Å². The number of hydrogen-bond donors (Lipinski definition) is 1. The van der Waals surface area contributed by atoms with Gasteiger partial charge in [0.05, 0.1) is 5.57 Å². The van der Waals surface area contributed by atoms with E-state index in [2.05, 4.69) is 0 Å². The zero-order chi connectivity index (χ0) is 17.9. The third-order valence-electron chi connectivity index (χ3n) is 3.94.